The molecule has 224 valence electrons. The highest BCUT2D eigenvalue weighted by molar-refractivity contribution is 6.22. The van der Waals surface area contributed by atoms with Crippen LogP contribution in [0.15, 0.2) is 182 Å². The zero-order valence-corrected chi connectivity index (χ0v) is 26.2. The largest absolute Gasteiger partial charge is 0.315 e. The van der Waals surface area contributed by atoms with Crippen LogP contribution in [0.1, 0.15) is 0 Å². The maximum absolute atomic E-state index is 2.47. The third kappa shape index (κ3) is 3.93. The second kappa shape index (κ2) is 10.6. The summed E-state index contributed by atoms with van der Waals surface area (Å²) >= 11 is 0. The number of hydrogen-bond donors (Lipinski definition) is 0. The van der Waals surface area contributed by atoms with Gasteiger partial charge in [0.1, 0.15) is 0 Å². The van der Waals surface area contributed by atoms with Crippen LogP contribution < -0.4 is 0 Å². The molecule has 10 aromatic rings. The van der Waals surface area contributed by atoms with E-state index in [1.54, 1.807) is 0 Å². The average molecular weight is 611 g/mol. The fraction of sp³-hybridized carbons (Fsp3) is 0. The molecule has 10 rings (SSSR count). The minimum atomic E-state index is 1.15. The van der Waals surface area contributed by atoms with E-state index in [1.165, 1.54) is 76.5 Å². The Morgan fingerprint density at radius 2 is 0.875 bits per heavy atom. The van der Waals surface area contributed by atoms with Crippen LogP contribution in [0.3, 0.4) is 0 Å². The number of benzene rings is 8. The first-order chi connectivity index (χ1) is 23.8. The first-order valence-electron chi connectivity index (χ1n) is 16.5. The summed E-state index contributed by atoms with van der Waals surface area (Å²) in [5, 5.41) is 8.78. The van der Waals surface area contributed by atoms with Gasteiger partial charge in [-0.2, -0.15) is 0 Å². The molecular weight excluding hydrogens is 581 g/mol. The lowest BCUT2D eigenvalue weighted by atomic mass is 9.86. The van der Waals surface area contributed by atoms with Gasteiger partial charge < -0.3 is 9.13 Å². The van der Waals surface area contributed by atoms with Gasteiger partial charge in [0.25, 0.3) is 0 Å². The van der Waals surface area contributed by atoms with E-state index in [0.29, 0.717) is 0 Å². The quantitative estimate of drug-likeness (QED) is 0.175. The van der Waals surface area contributed by atoms with E-state index < -0.39 is 0 Å². The van der Waals surface area contributed by atoms with Crippen molar-refractivity contribution in [1.29, 1.82) is 0 Å². The Morgan fingerprint density at radius 3 is 1.56 bits per heavy atom. The lowest BCUT2D eigenvalue weighted by Gasteiger charge is -2.18. The van der Waals surface area contributed by atoms with E-state index in [4.69, 9.17) is 0 Å². The van der Waals surface area contributed by atoms with E-state index in [1.807, 2.05) is 0 Å². The fourth-order valence-corrected chi connectivity index (χ4v) is 7.90. The second-order valence-electron chi connectivity index (χ2n) is 12.5. The molecule has 0 saturated carbocycles. The second-order valence-corrected chi connectivity index (χ2v) is 12.5. The van der Waals surface area contributed by atoms with Gasteiger partial charge in [-0.05, 0) is 80.2 Å². The van der Waals surface area contributed by atoms with E-state index in [9.17, 15) is 0 Å². The number of rotatable bonds is 4. The van der Waals surface area contributed by atoms with Crippen molar-refractivity contribution in [2.45, 2.75) is 0 Å². The third-order valence-corrected chi connectivity index (χ3v) is 9.91. The Bertz CT molecular complexity index is 2760. The summed E-state index contributed by atoms with van der Waals surface area (Å²) in [5.41, 5.74) is 10.9. The van der Waals surface area contributed by atoms with Crippen molar-refractivity contribution in [2.75, 3.05) is 0 Å². The van der Waals surface area contributed by atoms with Crippen LogP contribution in [0.2, 0.25) is 0 Å². The van der Waals surface area contributed by atoms with E-state index >= 15 is 0 Å². The van der Waals surface area contributed by atoms with Gasteiger partial charge in [-0.3, -0.25) is 0 Å². The zero-order chi connectivity index (χ0) is 31.6. The number of fused-ring (bicyclic) bond motifs is 7. The molecule has 0 N–H and O–H groups in total. The summed E-state index contributed by atoms with van der Waals surface area (Å²) in [6.07, 6.45) is 2.20. The Hall–Kier alpha value is -6.38. The van der Waals surface area contributed by atoms with Crippen LogP contribution in [0.4, 0.5) is 0 Å². The van der Waals surface area contributed by atoms with Crippen LogP contribution in [0, 0.1) is 0 Å². The molecule has 8 aromatic carbocycles. The summed E-state index contributed by atoms with van der Waals surface area (Å²) < 4.78 is 4.80. The van der Waals surface area contributed by atoms with Gasteiger partial charge in [0.05, 0.1) is 16.6 Å². The fourth-order valence-electron chi connectivity index (χ4n) is 7.90. The van der Waals surface area contributed by atoms with Crippen molar-refractivity contribution in [3.63, 3.8) is 0 Å². The smallest absolute Gasteiger partial charge is 0.0788 e. The number of hydrogen-bond acceptors (Lipinski definition) is 0. The monoisotopic (exact) mass is 610 g/mol. The Labute approximate surface area is 278 Å². The summed E-state index contributed by atoms with van der Waals surface area (Å²) in [6, 6.07) is 64.0. The zero-order valence-electron chi connectivity index (χ0n) is 26.2. The predicted octanol–water partition coefficient (Wildman–Crippen LogP) is 12.4. The van der Waals surface area contributed by atoms with Gasteiger partial charge in [0, 0.05) is 33.7 Å². The molecule has 2 heteroatoms. The van der Waals surface area contributed by atoms with Crippen molar-refractivity contribution in [3.8, 4) is 33.6 Å². The van der Waals surface area contributed by atoms with Gasteiger partial charge in [-0.1, -0.05) is 140 Å². The molecule has 48 heavy (non-hydrogen) atoms. The summed E-state index contributed by atoms with van der Waals surface area (Å²) in [5.74, 6) is 0. The van der Waals surface area contributed by atoms with E-state index in [-0.39, 0.29) is 0 Å². The topological polar surface area (TPSA) is 9.86 Å². The molecule has 0 saturated heterocycles. The minimum absolute atomic E-state index is 1.15. The molecule has 0 aliphatic carbocycles. The van der Waals surface area contributed by atoms with E-state index in [0.717, 1.165) is 11.4 Å². The van der Waals surface area contributed by atoms with Crippen LogP contribution in [0.25, 0.3) is 87.9 Å². The predicted molar refractivity (Wildman–Crippen MR) is 203 cm³/mol. The molecule has 0 atom stereocenters. The lowest BCUT2D eigenvalue weighted by Crippen LogP contribution is -1.98. The number of aromatic nitrogens is 2. The summed E-state index contributed by atoms with van der Waals surface area (Å²) in [6.45, 7) is 0. The molecule has 0 fully saturated rings. The Balaban J connectivity index is 1.29. The molecule has 0 radical (unpaired) electrons. The molecule has 0 bridgehead atoms. The van der Waals surface area contributed by atoms with Gasteiger partial charge in [0.15, 0.2) is 0 Å². The highest BCUT2D eigenvalue weighted by Gasteiger charge is 2.20. The summed E-state index contributed by atoms with van der Waals surface area (Å²) in [7, 11) is 0. The first-order valence-corrected chi connectivity index (χ1v) is 16.5. The van der Waals surface area contributed by atoms with Gasteiger partial charge in [-0.25, -0.2) is 0 Å². The average Bonchev–Trinajstić information content (AvgIpc) is 3.74. The highest BCUT2D eigenvalue weighted by atomic mass is 15.0. The third-order valence-electron chi connectivity index (χ3n) is 9.91. The normalized spacial score (nSPS) is 11.8. The van der Waals surface area contributed by atoms with Crippen molar-refractivity contribution >= 4 is 54.3 Å². The van der Waals surface area contributed by atoms with Crippen molar-refractivity contribution in [1.82, 2.24) is 9.13 Å². The first kappa shape index (κ1) is 26.8. The standard InChI is InChI=1S/C46H30N2/c1-3-14-31(15-4-1)43-37-21-7-9-23-39(37)44(40-24-10-8-22-38(40)43)33-16-13-19-35(30-33)48-42-25-12-11-20-36(42)41-27-26-32-28-29-47(45(32)46(41)48)34-17-5-2-6-18-34/h1-30H. The molecular formula is C46H30N2. The molecule has 0 aliphatic rings. The van der Waals surface area contributed by atoms with E-state index in [2.05, 4.69) is 191 Å². The van der Waals surface area contributed by atoms with Gasteiger partial charge in [-0.15, -0.1) is 0 Å². The Morgan fingerprint density at radius 1 is 0.333 bits per heavy atom. The number of para-hydroxylation sites is 2. The van der Waals surface area contributed by atoms with Crippen LogP contribution in [-0.2, 0) is 0 Å². The van der Waals surface area contributed by atoms with Crippen molar-refractivity contribution in [3.05, 3.63) is 182 Å². The molecule has 2 nitrogen and oxygen atoms in total. The summed E-state index contributed by atoms with van der Waals surface area (Å²) in [4.78, 5) is 0. The molecule has 0 spiro atoms. The lowest BCUT2D eigenvalue weighted by molar-refractivity contribution is 1.12. The maximum atomic E-state index is 2.47. The van der Waals surface area contributed by atoms with Crippen LogP contribution in [-0.4, -0.2) is 9.13 Å². The Kier molecular flexibility index (Phi) is 5.91. The molecule has 0 amide bonds. The minimum Gasteiger partial charge on any atom is -0.315 e. The molecule has 0 unspecified atom stereocenters. The SMILES string of the molecule is c1ccc(-c2c3ccccc3c(-c3cccc(-n4c5ccccc5c5ccc6ccn(-c7ccccc7)c6c54)c3)c3ccccc23)cc1. The maximum Gasteiger partial charge on any atom is 0.0788 e. The molecule has 2 heterocycles. The van der Waals surface area contributed by atoms with Crippen molar-refractivity contribution < 1.29 is 0 Å². The van der Waals surface area contributed by atoms with Gasteiger partial charge in [0.2, 0.25) is 0 Å². The highest BCUT2D eigenvalue weighted by Crippen LogP contribution is 2.44. The van der Waals surface area contributed by atoms with Crippen LogP contribution >= 0.6 is 0 Å². The van der Waals surface area contributed by atoms with Crippen molar-refractivity contribution in [2.24, 2.45) is 0 Å². The van der Waals surface area contributed by atoms with Crippen LogP contribution in [0.5, 0.6) is 0 Å². The molecule has 0 aliphatic heterocycles. The van der Waals surface area contributed by atoms with Gasteiger partial charge >= 0.3 is 0 Å². The number of nitrogens with zero attached hydrogens (tertiary/aromatic N) is 2. The molecule has 2 aromatic heterocycles.